The summed E-state index contributed by atoms with van der Waals surface area (Å²) in [6.45, 7) is 1.15. The first-order valence-corrected chi connectivity index (χ1v) is 9.21. The lowest BCUT2D eigenvalue weighted by Gasteiger charge is -2.32. The van der Waals surface area contributed by atoms with Gasteiger partial charge >= 0.3 is 0 Å². The average Bonchev–Trinajstić information content (AvgIpc) is 2.91. The van der Waals surface area contributed by atoms with E-state index in [0.29, 0.717) is 30.8 Å². The zero-order valence-corrected chi connectivity index (χ0v) is 13.8. The Morgan fingerprint density at radius 1 is 1.09 bits per heavy atom. The third-order valence-corrected chi connectivity index (χ3v) is 6.24. The van der Waals surface area contributed by atoms with Crippen molar-refractivity contribution in [2.45, 2.75) is 57.1 Å². The summed E-state index contributed by atoms with van der Waals surface area (Å²) in [5, 5.41) is 10.8. The molecule has 1 amide bonds. The Labute approximate surface area is 138 Å². The van der Waals surface area contributed by atoms with E-state index >= 15 is 0 Å². The van der Waals surface area contributed by atoms with Crippen LogP contribution in [0.3, 0.4) is 0 Å². The fourth-order valence-electron chi connectivity index (χ4n) is 4.96. The van der Waals surface area contributed by atoms with Crippen molar-refractivity contribution < 1.29 is 9.90 Å². The summed E-state index contributed by atoms with van der Waals surface area (Å²) < 4.78 is 0. The quantitative estimate of drug-likeness (QED) is 0.905. The molecule has 2 atom stereocenters. The van der Waals surface area contributed by atoms with Crippen molar-refractivity contribution in [3.63, 3.8) is 0 Å². The molecule has 0 bridgehead atoms. The van der Waals surface area contributed by atoms with E-state index in [9.17, 15) is 9.90 Å². The highest BCUT2D eigenvalue weighted by Gasteiger charge is 2.57. The van der Waals surface area contributed by atoms with Crippen molar-refractivity contribution in [1.82, 2.24) is 4.90 Å². The summed E-state index contributed by atoms with van der Waals surface area (Å²) >= 11 is 0. The fourth-order valence-corrected chi connectivity index (χ4v) is 4.96. The molecule has 0 aromatic heterocycles. The van der Waals surface area contributed by atoms with Gasteiger partial charge in [0.2, 0.25) is 5.91 Å². The van der Waals surface area contributed by atoms with E-state index in [2.05, 4.69) is 12.1 Å². The number of carbonyl (C=O) groups excluding carboxylic acids is 1. The van der Waals surface area contributed by atoms with Crippen LogP contribution < -0.4 is 0 Å². The molecule has 3 saturated carbocycles. The van der Waals surface area contributed by atoms with E-state index in [1.807, 2.05) is 23.1 Å². The zero-order valence-electron chi connectivity index (χ0n) is 13.8. The standard InChI is InChI=1S/C20H27NO2/c22-19(18-16-9-6-10-17(16)18)21(13-15-7-2-1-3-8-15)14-20(23)11-4-5-12-20/h1-3,7-8,16-18,23H,4-6,9-14H2. The molecule has 0 spiro atoms. The van der Waals surface area contributed by atoms with Crippen molar-refractivity contribution in [1.29, 1.82) is 0 Å². The van der Waals surface area contributed by atoms with Gasteiger partial charge in [0.25, 0.3) is 0 Å². The molecule has 0 heterocycles. The average molecular weight is 313 g/mol. The maximum absolute atomic E-state index is 13.1. The Kier molecular flexibility index (Phi) is 3.92. The maximum Gasteiger partial charge on any atom is 0.226 e. The molecule has 3 nitrogen and oxygen atoms in total. The molecule has 0 aliphatic heterocycles. The molecule has 23 heavy (non-hydrogen) atoms. The predicted molar refractivity (Wildman–Crippen MR) is 89.6 cm³/mol. The van der Waals surface area contributed by atoms with Gasteiger partial charge in [0.05, 0.1) is 5.60 Å². The van der Waals surface area contributed by atoms with E-state index in [0.717, 1.165) is 31.2 Å². The van der Waals surface area contributed by atoms with E-state index in [4.69, 9.17) is 0 Å². The minimum Gasteiger partial charge on any atom is -0.388 e. The fraction of sp³-hybridized carbons (Fsp3) is 0.650. The van der Waals surface area contributed by atoms with E-state index < -0.39 is 5.60 Å². The number of rotatable bonds is 5. The first-order valence-electron chi connectivity index (χ1n) is 9.21. The molecule has 1 aromatic carbocycles. The van der Waals surface area contributed by atoms with Gasteiger partial charge in [0.1, 0.15) is 0 Å². The lowest BCUT2D eigenvalue weighted by Crippen LogP contribution is -2.44. The highest BCUT2D eigenvalue weighted by Crippen LogP contribution is 2.58. The summed E-state index contributed by atoms with van der Waals surface area (Å²) in [6, 6.07) is 10.2. The van der Waals surface area contributed by atoms with Crippen LogP contribution in [0, 0.1) is 17.8 Å². The SMILES string of the molecule is O=C(C1C2CCCC21)N(Cc1ccccc1)CC1(O)CCCC1. The molecule has 124 valence electrons. The Hall–Kier alpha value is -1.35. The van der Waals surface area contributed by atoms with Crippen molar-refractivity contribution in [2.24, 2.45) is 17.8 Å². The van der Waals surface area contributed by atoms with Gasteiger partial charge in [0, 0.05) is 19.0 Å². The van der Waals surface area contributed by atoms with Gasteiger partial charge in [-0.2, -0.15) is 0 Å². The number of benzene rings is 1. The molecule has 3 aliphatic rings. The minimum atomic E-state index is -0.658. The van der Waals surface area contributed by atoms with Gasteiger partial charge in [-0.25, -0.2) is 0 Å². The van der Waals surface area contributed by atoms with Crippen LogP contribution in [0.5, 0.6) is 0 Å². The van der Waals surface area contributed by atoms with Crippen LogP contribution in [-0.2, 0) is 11.3 Å². The van der Waals surface area contributed by atoms with Crippen molar-refractivity contribution in [3.05, 3.63) is 35.9 Å². The highest BCUT2D eigenvalue weighted by molar-refractivity contribution is 5.82. The van der Waals surface area contributed by atoms with Crippen molar-refractivity contribution in [3.8, 4) is 0 Å². The van der Waals surface area contributed by atoms with Crippen molar-refractivity contribution in [2.75, 3.05) is 6.54 Å². The van der Waals surface area contributed by atoms with Crippen molar-refractivity contribution >= 4 is 5.91 Å². The van der Waals surface area contributed by atoms with Crippen LogP contribution in [0.15, 0.2) is 30.3 Å². The minimum absolute atomic E-state index is 0.248. The first kappa shape index (κ1) is 15.2. The number of hydrogen-bond acceptors (Lipinski definition) is 2. The molecular formula is C20H27NO2. The van der Waals surface area contributed by atoms with Crippen LogP contribution in [0.4, 0.5) is 0 Å². The van der Waals surface area contributed by atoms with Crippen LogP contribution >= 0.6 is 0 Å². The molecule has 4 rings (SSSR count). The number of fused-ring (bicyclic) bond motifs is 1. The van der Waals surface area contributed by atoms with Crippen LogP contribution in [0.2, 0.25) is 0 Å². The van der Waals surface area contributed by atoms with Gasteiger partial charge in [-0.15, -0.1) is 0 Å². The van der Waals surface area contributed by atoms with Gasteiger partial charge < -0.3 is 10.0 Å². The second kappa shape index (κ2) is 5.94. The molecule has 1 N–H and O–H groups in total. The Bertz CT molecular complexity index is 554. The summed E-state index contributed by atoms with van der Waals surface area (Å²) in [7, 11) is 0. The topological polar surface area (TPSA) is 40.5 Å². The Balaban J connectivity index is 1.49. The number of amides is 1. The number of carbonyl (C=O) groups is 1. The zero-order chi connectivity index (χ0) is 15.9. The Morgan fingerprint density at radius 2 is 1.74 bits per heavy atom. The van der Waals surface area contributed by atoms with Gasteiger partial charge in [0.15, 0.2) is 0 Å². The summed E-state index contributed by atoms with van der Waals surface area (Å²) in [5.41, 5.74) is 0.502. The molecule has 1 aromatic rings. The summed E-state index contributed by atoms with van der Waals surface area (Å²) in [5.74, 6) is 1.82. The lowest BCUT2D eigenvalue weighted by atomic mass is 10.0. The molecule has 3 fully saturated rings. The van der Waals surface area contributed by atoms with Crippen LogP contribution in [0.1, 0.15) is 50.5 Å². The highest BCUT2D eigenvalue weighted by atomic mass is 16.3. The van der Waals surface area contributed by atoms with Crippen LogP contribution in [-0.4, -0.2) is 28.1 Å². The lowest BCUT2D eigenvalue weighted by molar-refractivity contribution is -0.137. The Morgan fingerprint density at radius 3 is 2.39 bits per heavy atom. The maximum atomic E-state index is 13.1. The normalized spacial score (nSPS) is 30.9. The number of nitrogens with zero attached hydrogens (tertiary/aromatic N) is 1. The molecule has 3 heteroatoms. The molecule has 3 aliphatic carbocycles. The molecule has 0 radical (unpaired) electrons. The summed E-state index contributed by atoms with van der Waals surface area (Å²) in [4.78, 5) is 15.0. The first-order chi connectivity index (χ1) is 11.2. The van der Waals surface area contributed by atoms with Gasteiger partial charge in [-0.1, -0.05) is 49.6 Å². The van der Waals surface area contributed by atoms with E-state index in [1.165, 1.54) is 19.3 Å². The smallest absolute Gasteiger partial charge is 0.226 e. The number of hydrogen-bond donors (Lipinski definition) is 1. The predicted octanol–water partition coefficient (Wildman–Crippen LogP) is 3.37. The number of aliphatic hydroxyl groups is 1. The van der Waals surface area contributed by atoms with E-state index in [1.54, 1.807) is 0 Å². The molecule has 2 unspecified atom stereocenters. The second-order valence-corrected chi connectivity index (χ2v) is 7.90. The monoisotopic (exact) mass is 313 g/mol. The molecular weight excluding hydrogens is 286 g/mol. The third kappa shape index (κ3) is 3.03. The second-order valence-electron chi connectivity index (χ2n) is 7.90. The summed E-state index contributed by atoms with van der Waals surface area (Å²) in [6.07, 6.45) is 7.58. The van der Waals surface area contributed by atoms with Gasteiger partial charge in [-0.3, -0.25) is 4.79 Å². The third-order valence-electron chi connectivity index (χ3n) is 6.24. The van der Waals surface area contributed by atoms with E-state index in [-0.39, 0.29) is 5.92 Å². The van der Waals surface area contributed by atoms with Crippen LogP contribution in [0.25, 0.3) is 0 Å². The molecule has 0 saturated heterocycles. The van der Waals surface area contributed by atoms with Gasteiger partial charge in [-0.05, 0) is 43.1 Å². The largest absolute Gasteiger partial charge is 0.388 e.